The molecule has 166 valence electrons. The van der Waals surface area contributed by atoms with Crippen molar-refractivity contribution in [1.29, 1.82) is 0 Å². The zero-order valence-electron chi connectivity index (χ0n) is 18.8. The highest BCUT2D eigenvalue weighted by Crippen LogP contribution is 2.54. The average Bonchev–Trinajstić information content (AvgIpc) is 2.75. The smallest absolute Gasteiger partial charge is 0.303 e. The molecule has 4 nitrogen and oxygen atoms in total. The van der Waals surface area contributed by atoms with Gasteiger partial charge in [-0.2, -0.15) is 0 Å². The van der Waals surface area contributed by atoms with Crippen LogP contribution in [0.3, 0.4) is 0 Å². The van der Waals surface area contributed by atoms with Gasteiger partial charge in [0, 0.05) is 29.2 Å². The Hall–Kier alpha value is -3.34. The number of nitrogens with one attached hydrogen (secondary N) is 1. The first-order valence-corrected chi connectivity index (χ1v) is 10.8. The van der Waals surface area contributed by atoms with Crippen molar-refractivity contribution in [1.82, 2.24) is 0 Å². The predicted octanol–water partition coefficient (Wildman–Crippen LogP) is 6.51. The quantitative estimate of drug-likeness (QED) is 0.466. The molecule has 1 aliphatic rings. The van der Waals surface area contributed by atoms with Gasteiger partial charge in [0.15, 0.2) is 0 Å². The van der Waals surface area contributed by atoms with Gasteiger partial charge in [0.2, 0.25) is 0 Å². The van der Waals surface area contributed by atoms with E-state index in [1.807, 2.05) is 43.3 Å². The predicted molar refractivity (Wildman–Crippen MR) is 123 cm³/mol. The minimum atomic E-state index is -0.457. The first kappa shape index (κ1) is 21.9. The van der Waals surface area contributed by atoms with Crippen LogP contribution < -0.4 is 10.1 Å². The molecule has 1 heterocycles. The molecule has 3 aromatic rings. The molecule has 1 N–H and O–H groups in total. The van der Waals surface area contributed by atoms with Crippen LogP contribution in [0.25, 0.3) is 0 Å². The molecule has 3 aromatic carbocycles. The molecule has 2 unspecified atom stereocenters. The van der Waals surface area contributed by atoms with Crippen LogP contribution in [0.15, 0.2) is 66.7 Å². The number of rotatable bonds is 5. The van der Waals surface area contributed by atoms with Gasteiger partial charge in [-0.1, -0.05) is 61.9 Å². The minimum absolute atomic E-state index is 0.161. The van der Waals surface area contributed by atoms with Gasteiger partial charge in [-0.15, -0.1) is 0 Å². The van der Waals surface area contributed by atoms with Crippen molar-refractivity contribution >= 4 is 11.7 Å². The molecule has 4 rings (SSSR count). The molecule has 0 radical (unpaired) electrons. The summed E-state index contributed by atoms with van der Waals surface area (Å²) in [5.41, 5.74) is 4.44. The first-order chi connectivity index (χ1) is 15.3. The molecule has 2 atom stereocenters. The lowest BCUT2D eigenvalue weighted by atomic mass is 9.70. The summed E-state index contributed by atoms with van der Waals surface area (Å²) >= 11 is 0. The number of hydrogen-bond acceptors (Lipinski definition) is 4. The molecule has 0 bridgehead atoms. The molecule has 0 spiro atoms. The molecule has 32 heavy (non-hydrogen) atoms. The Morgan fingerprint density at radius 2 is 1.75 bits per heavy atom. The van der Waals surface area contributed by atoms with Gasteiger partial charge >= 0.3 is 5.97 Å². The van der Waals surface area contributed by atoms with Crippen molar-refractivity contribution in [3.05, 3.63) is 94.8 Å². The SMILES string of the molecule is CC(=O)OC1c2cc(C)ccc2NC(c2ccccc2OCc2ccc(F)cc2)C1(C)C. The Bertz CT molecular complexity index is 1120. The topological polar surface area (TPSA) is 47.6 Å². The van der Waals surface area contributed by atoms with Crippen molar-refractivity contribution in [2.75, 3.05) is 5.32 Å². The monoisotopic (exact) mass is 433 g/mol. The Morgan fingerprint density at radius 3 is 2.47 bits per heavy atom. The van der Waals surface area contributed by atoms with Gasteiger partial charge in [0.25, 0.3) is 0 Å². The molecule has 5 heteroatoms. The number of carbonyl (C=O) groups is 1. The Balaban J connectivity index is 1.70. The third-order valence-corrected chi connectivity index (χ3v) is 6.03. The number of anilines is 1. The third-order valence-electron chi connectivity index (χ3n) is 6.03. The van der Waals surface area contributed by atoms with Gasteiger partial charge in [-0.25, -0.2) is 4.39 Å². The maximum absolute atomic E-state index is 13.2. The minimum Gasteiger partial charge on any atom is -0.489 e. The van der Waals surface area contributed by atoms with Crippen LogP contribution in [0.5, 0.6) is 5.75 Å². The normalized spacial score (nSPS) is 18.9. The lowest BCUT2D eigenvalue weighted by molar-refractivity contribution is -0.154. The van der Waals surface area contributed by atoms with E-state index in [-0.39, 0.29) is 17.8 Å². The lowest BCUT2D eigenvalue weighted by Gasteiger charge is -2.46. The summed E-state index contributed by atoms with van der Waals surface area (Å²) in [5, 5.41) is 3.66. The third kappa shape index (κ3) is 4.33. The molecule has 0 saturated heterocycles. The van der Waals surface area contributed by atoms with E-state index in [0.29, 0.717) is 6.61 Å². The molecule has 0 aromatic heterocycles. The van der Waals surface area contributed by atoms with Crippen molar-refractivity contribution in [3.8, 4) is 5.75 Å². The molecule has 0 aliphatic carbocycles. The maximum atomic E-state index is 13.2. The number of esters is 1. The fourth-order valence-electron chi connectivity index (χ4n) is 4.38. The summed E-state index contributed by atoms with van der Waals surface area (Å²) in [5.74, 6) is 0.157. The summed E-state index contributed by atoms with van der Waals surface area (Å²) < 4.78 is 25.3. The van der Waals surface area contributed by atoms with Gasteiger partial charge < -0.3 is 14.8 Å². The van der Waals surface area contributed by atoms with Crippen molar-refractivity contribution < 1.29 is 18.7 Å². The lowest BCUT2D eigenvalue weighted by Crippen LogP contribution is -2.40. The highest BCUT2D eigenvalue weighted by molar-refractivity contribution is 5.68. The summed E-state index contributed by atoms with van der Waals surface area (Å²) in [6, 6.07) is 20.2. The highest BCUT2D eigenvalue weighted by atomic mass is 19.1. The zero-order valence-corrected chi connectivity index (χ0v) is 18.8. The molecule has 1 aliphatic heterocycles. The van der Waals surface area contributed by atoms with E-state index in [1.54, 1.807) is 12.1 Å². The van der Waals surface area contributed by atoms with Crippen LogP contribution >= 0.6 is 0 Å². The summed E-state index contributed by atoms with van der Waals surface area (Å²) in [6.45, 7) is 8.00. The van der Waals surface area contributed by atoms with Crippen molar-refractivity contribution in [3.63, 3.8) is 0 Å². The number of carbonyl (C=O) groups excluding carboxylic acids is 1. The van der Waals surface area contributed by atoms with E-state index >= 15 is 0 Å². The van der Waals surface area contributed by atoms with Crippen LogP contribution in [0.2, 0.25) is 0 Å². The fourth-order valence-corrected chi connectivity index (χ4v) is 4.38. The molecular formula is C27H28FNO3. The number of fused-ring (bicyclic) bond motifs is 1. The van der Waals surface area contributed by atoms with Gasteiger partial charge in [-0.3, -0.25) is 4.79 Å². The van der Waals surface area contributed by atoms with Gasteiger partial charge in [0.1, 0.15) is 24.3 Å². The fraction of sp³-hybridized carbons (Fsp3) is 0.296. The number of aryl methyl sites for hydroxylation is 1. The second kappa shape index (κ2) is 8.65. The van der Waals surface area contributed by atoms with E-state index < -0.39 is 11.5 Å². The average molecular weight is 434 g/mol. The molecular weight excluding hydrogens is 405 g/mol. The van der Waals surface area contributed by atoms with E-state index in [0.717, 1.165) is 33.7 Å². The van der Waals surface area contributed by atoms with Crippen LogP contribution in [-0.4, -0.2) is 5.97 Å². The second-order valence-electron chi connectivity index (χ2n) is 8.93. The van der Waals surface area contributed by atoms with E-state index in [2.05, 4.69) is 25.2 Å². The van der Waals surface area contributed by atoms with Crippen molar-refractivity contribution in [2.24, 2.45) is 5.41 Å². The zero-order chi connectivity index (χ0) is 22.9. The highest BCUT2D eigenvalue weighted by Gasteiger charge is 2.46. The van der Waals surface area contributed by atoms with Crippen LogP contribution in [-0.2, 0) is 16.1 Å². The second-order valence-corrected chi connectivity index (χ2v) is 8.93. The standard InChI is InChI=1S/C27H28FNO3/c1-17-9-14-23-22(15-17)26(32-18(2)30)27(3,4)25(29-23)21-7-5-6-8-24(21)31-16-19-10-12-20(28)13-11-19/h5-15,25-26,29H,16H2,1-4H3. The van der Waals surface area contributed by atoms with E-state index in [1.165, 1.54) is 19.1 Å². The van der Waals surface area contributed by atoms with Crippen molar-refractivity contribution in [2.45, 2.75) is 46.4 Å². The van der Waals surface area contributed by atoms with Crippen LogP contribution in [0, 0.1) is 18.2 Å². The largest absolute Gasteiger partial charge is 0.489 e. The van der Waals surface area contributed by atoms with E-state index in [4.69, 9.17) is 9.47 Å². The van der Waals surface area contributed by atoms with Gasteiger partial charge in [0.05, 0.1) is 6.04 Å². The Morgan fingerprint density at radius 1 is 1.03 bits per heavy atom. The number of ether oxygens (including phenoxy) is 2. The Kier molecular flexibility index (Phi) is 5.92. The van der Waals surface area contributed by atoms with E-state index in [9.17, 15) is 9.18 Å². The van der Waals surface area contributed by atoms with Gasteiger partial charge in [-0.05, 0) is 36.8 Å². The number of benzene rings is 3. The molecule has 0 fully saturated rings. The summed E-state index contributed by atoms with van der Waals surface area (Å²) in [6.07, 6.45) is -0.411. The van der Waals surface area contributed by atoms with Crippen LogP contribution in [0.1, 0.15) is 55.2 Å². The maximum Gasteiger partial charge on any atom is 0.303 e. The molecule has 0 saturated carbocycles. The first-order valence-electron chi connectivity index (χ1n) is 10.8. The summed E-state index contributed by atoms with van der Waals surface area (Å²) in [4.78, 5) is 12.0. The number of hydrogen-bond donors (Lipinski definition) is 1. The number of para-hydroxylation sites is 1. The van der Waals surface area contributed by atoms with Crippen LogP contribution in [0.4, 0.5) is 10.1 Å². The Labute approximate surface area is 188 Å². The number of halogens is 1. The summed E-state index contributed by atoms with van der Waals surface area (Å²) in [7, 11) is 0. The molecule has 0 amide bonds.